The molecule has 0 unspecified atom stereocenters. The van der Waals surface area contributed by atoms with Gasteiger partial charge in [-0.15, -0.1) is 0 Å². The maximum Gasteiger partial charge on any atom is 0.390 e. The molecule has 14 heavy (non-hydrogen) atoms. The Balaban J connectivity index is 4.11. The molecule has 0 N–H and O–H groups in total. The number of hydrogen-bond acceptors (Lipinski definition) is 1. The molecular formula is C8H13BrF3NO. The Morgan fingerprint density at radius 3 is 2.07 bits per heavy atom. The minimum absolute atomic E-state index is 0.308. The molecule has 0 aliphatic carbocycles. The summed E-state index contributed by atoms with van der Waals surface area (Å²) in [5.41, 5.74) is 0. The summed E-state index contributed by atoms with van der Waals surface area (Å²) in [6, 6.07) is 0. The molecule has 0 heterocycles. The fourth-order valence-corrected chi connectivity index (χ4v) is 1.15. The highest BCUT2D eigenvalue weighted by atomic mass is 79.9. The van der Waals surface area contributed by atoms with Gasteiger partial charge in [-0.1, -0.05) is 15.9 Å². The van der Waals surface area contributed by atoms with Gasteiger partial charge in [0, 0.05) is 13.6 Å². The number of amides is 1. The van der Waals surface area contributed by atoms with Gasteiger partial charge in [0.05, 0.1) is 10.7 Å². The first-order chi connectivity index (χ1) is 6.04. The van der Waals surface area contributed by atoms with Crippen LogP contribution in [0.25, 0.3) is 0 Å². The lowest BCUT2D eigenvalue weighted by Crippen LogP contribution is -2.40. The van der Waals surface area contributed by atoms with E-state index in [1.807, 2.05) is 0 Å². The smallest absolute Gasteiger partial charge is 0.344 e. The van der Waals surface area contributed by atoms with Crippen molar-refractivity contribution in [2.24, 2.45) is 0 Å². The Morgan fingerprint density at radius 1 is 1.36 bits per heavy atom. The molecule has 0 aliphatic rings. The second-order valence-corrected chi connectivity index (χ2v) is 5.55. The summed E-state index contributed by atoms with van der Waals surface area (Å²) in [6.45, 7) is 2.89. The molecule has 0 aromatic heterocycles. The van der Waals surface area contributed by atoms with E-state index in [1.54, 1.807) is 13.8 Å². The van der Waals surface area contributed by atoms with Gasteiger partial charge in [0.15, 0.2) is 0 Å². The molecule has 0 saturated carbocycles. The molecule has 0 atom stereocenters. The summed E-state index contributed by atoms with van der Waals surface area (Å²) in [6.07, 6.45) is -5.19. The summed E-state index contributed by atoms with van der Waals surface area (Å²) in [5.74, 6) is -0.359. The minimum Gasteiger partial charge on any atom is -0.344 e. The Bertz CT molecular complexity index is 210. The molecule has 0 spiro atoms. The third-order valence-corrected chi connectivity index (χ3v) is 1.93. The summed E-state index contributed by atoms with van der Waals surface area (Å²) < 4.78 is 34.7. The summed E-state index contributed by atoms with van der Waals surface area (Å²) in [5, 5.41) is 0. The fourth-order valence-electron chi connectivity index (χ4n) is 0.850. The first-order valence-corrected chi connectivity index (χ1v) is 4.84. The summed E-state index contributed by atoms with van der Waals surface area (Å²) in [4.78, 5) is 12.5. The number of hydrogen-bond donors (Lipinski definition) is 0. The van der Waals surface area contributed by atoms with Crippen molar-refractivity contribution in [3.63, 3.8) is 0 Å². The lowest BCUT2D eigenvalue weighted by molar-refractivity contribution is -0.144. The molecule has 0 bridgehead atoms. The molecule has 2 nitrogen and oxygen atoms in total. The first-order valence-electron chi connectivity index (χ1n) is 4.05. The topological polar surface area (TPSA) is 20.3 Å². The van der Waals surface area contributed by atoms with Crippen LogP contribution >= 0.6 is 15.9 Å². The monoisotopic (exact) mass is 275 g/mol. The number of carbonyl (C=O) groups is 1. The van der Waals surface area contributed by atoms with Gasteiger partial charge in [-0.05, 0) is 13.8 Å². The van der Waals surface area contributed by atoms with Gasteiger partial charge in [0.1, 0.15) is 0 Å². The Morgan fingerprint density at radius 2 is 1.79 bits per heavy atom. The van der Waals surface area contributed by atoms with E-state index < -0.39 is 16.9 Å². The number of nitrogens with zero attached hydrogens (tertiary/aromatic N) is 1. The van der Waals surface area contributed by atoms with Crippen LogP contribution in [0.5, 0.6) is 0 Å². The van der Waals surface area contributed by atoms with Gasteiger partial charge in [-0.3, -0.25) is 4.79 Å². The summed E-state index contributed by atoms with van der Waals surface area (Å²) in [7, 11) is 1.36. The highest BCUT2D eigenvalue weighted by Crippen LogP contribution is 2.22. The Hall–Kier alpha value is -0.260. The van der Waals surface area contributed by atoms with Crippen LogP contribution in [0.1, 0.15) is 20.3 Å². The quantitative estimate of drug-likeness (QED) is 0.725. The van der Waals surface area contributed by atoms with Gasteiger partial charge in [-0.25, -0.2) is 0 Å². The van der Waals surface area contributed by atoms with Gasteiger partial charge >= 0.3 is 6.18 Å². The van der Waals surface area contributed by atoms with Crippen molar-refractivity contribution in [1.82, 2.24) is 4.90 Å². The standard InChI is InChI=1S/C8H13BrF3NO/c1-7(2,9)6(14)13(3)5-4-8(10,11)12/h4-5H2,1-3H3. The van der Waals surface area contributed by atoms with Crippen molar-refractivity contribution >= 4 is 21.8 Å². The molecule has 0 radical (unpaired) electrons. The molecule has 6 heteroatoms. The van der Waals surface area contributed by atoms with E-state index in [1.165, 1.54) is 7.05 Å². The van der Waals surface area contributed by atoms with Crippen LogP contribution in [0.4, 0.5) is 13.2 Å². The molecule has 0 rings (SSSR count). The Kier molecular flexibility index (Phi) is 4.42. The minimum atomic E-state index is -4.22. The average Bonchev–Trinajstić information content (AvgIpc) is 1.95. The van der Waals surface area contributed by atoms with E-state index in [-0.39, 0.29) is 12.5 Å². The number of carbonyl (C=O) groups excluding carboxylic acids is 1. The van der Waals surface area contributed by atoms with E-state index in [2.05, 4.69) is 15.9 Å². The highest BCUT2D eigenvalue weighted by Gasteiger charge is 2.31. The van der Waals surface area contributed by atoms with E-state index in [9.17, 15) is 18.0 Å². The maximum atomic E-state index is 11.8. The lowest BCUT2D eigenvalue weighted by Gasteiger charge is -2.24. The van der Waals surface area contributed by atoms with Crippen molar-refractivity contribution in [2.45, 2.75) is 30.8 Å². The van der Waals surface area contributed by atoms with Gasteiger partial charge in [0.2, 0.25) is 5.91 Å². The third-order valence-electron chi connectivity index (χ3n) is 1.59. The van der Waals surface area contributed by atoms with Crippen molar-refractivity contribution in [3.8, 4) is 0 Å². The van der Waals surface area contributed by atoms with E-state index in [0.29, 0.717) is 0 Å². The van der Waals surface area contributed by atoms with Crippen molar-refractivity contribution in [1.29, 1.82) is 0 Å². The van der Waals surface area contributed by atoms with Crippen LogP contribution in [0.15, 0.2) is 0 Å². The number of rotatable bonds is 3. The van der Waals surface area contributed by atoms with Crippen molar-refractivity contribution in [2.75, 3.05) is 13.6 Å². The Labute approximate surface area is 89.6 Å². The molecule has 0 saturated heterocycles. The van der Waals surface area contributed by atoms with E-state index >= 15 is 0 Å². The number of alkyl halides is 4. The predicted octanol–water partition coefficient (Wildman–Crippen LogP) is 2.57. The van der Waals surface area contributed by atoms with Crippen LogP contribution in [0, 0.1) is 0 Å². The third kappa shape index (κ3) is 5.47. The zero-order valence-electron chi connectivity index (χ0n) is 8.28. The molecule has 84 valence electrons. The normalized spacial score (nSPS) is 12.8. The van der Waals surface area contributed by atoms with Crippen molar-refractivity contribution < 1.29 is 18.0 Å². The van der Waals surface area contributed by atoms with Gasteiger partial charge in [-0.2, -0.15) is 13.2 Å². The van der Waals surface area contributed by atoms with E-state index in [4.69, 9.17) is 0 Å². The van der Waals surface area contributed by atoms with Gasteiger partial charge < -0.3 is 4.90 Å². The lowest BCUT2D eigenvalue weighted by atomic mass is 10.2. The zero-order valence-corrected chi connectivity index (χ0v) is 9.87. The summed E-state index contributed by atoms with van der Waals surface area (Å²) >= 11 is 3.09. The largest absolute Gasteiger partial charge is 0.390 e. The van der Waals surface area contributed by atoms with E-state index in [0.717, 1.165) is 4.90 Å². The predicted molar refractivity (Wildman–Crippen MR) is 51.3 cm³/mol. The molecule has 0 aromatic carbocycles. The van der Waals surface area contributed by atoms with Crippen LogP contribution in [0.2, 0.25) is 0 Å². The molecule has 0 aromatic rings. The molecule has 0 fully saturated rings. The van der Waals surface area contributed by atoms with Crippen molar-refractivity contribution in [3.05, 3.63) is 0 Å². The first kappa shape index (κ1) is 13.7. The van der Waals surface area contributed by atoms with Gasteiger partial charge in [0.25, 0.3) is 0 Å². The SMILES string of the molecule is CN(CCC(F)(F)F)C(=O)C(C)(C)Br. The van der Waals surface area contributed by atoms with Crippen LogP contribution in [-0.2, 0) is 4.79 Å². The van der Waals surface area contributed by atoms with Crippen LogP contribution in [-0.4, -0.2) is 34.9 Å². The maximum absolute atomic E-state index is 11.8. The van der Waals surface area contributed by atoms with Crippen LogP contribution < -0.4 is 0 Å². The second kappa shape index (κ2) is 4.51. The second-order valence-electron chi connectivity index (χ2n) is 3.56. The zero-order chi connectivity index (χ0) is 11.6. The molecular weight excluding hydrogens is 263 g/mol. The fraction of sp³-hybridized carbons (Fsp3) is 0.875. The number of halogens is 4. The highest BCUT2D eigenvalue weighted by molar-refractivity contribution is 9.10. The average molecular weight is 276 g/mol. The molecule has 0 aliphatic heterocycles. The molecule has 1 amide bonds. The van der Waals surface area contributed by atoms with Crippen LogP contribution in [0.3, 0.4) is 0 Å².